The van der Waals surface area contributed by atoms with Gasteiger partial charge in [-0.1, -0.05) is 89.9 Å². The predicted octanol–water partition coefficient (Wildman–Crippen LogP) is 7.13. The van der Waals surface area contributed by atoms with Gasteiger partial charge in [0.2, 0.25) is 17.6 Å². The summed E-state index contributed by atoms with van der Waals surface area (Å²) >= 11 is 12.5. The molecule has 1 aliphatic carbocycles. The van der Waals surface area contributed by atoms with Gasteiger partial charge in [-0.2, -0.15) is 4.39 Å². The van der Waals surface area contributed by atoms with Gasteiger partial charge in [-0.25, -0.2) is 9.59 Å². The third-order valence-corrected chi connectivity index (χ3v) is 10.5. The lowest BCUT2D eigenvalue weighted by Gasteiger charge is -2.32. The molecule has 0 unspecified atom stereocenters. The first kappa shape index (κ1) is 41.9. The Bertz CT molecular complexity index is 2380. The highest BCUT2D eigenvalue weighted by Gasteiger charge is 2.37. The van der Waals surface area contributed by atoms with Gasteiger partial charge in [0.1, 0.15) is 24.4 Å². The number of aromatic hydroxyl groups is 2. The van der Waals surface area contributed by atoms with Gasteiger partial charge in [0.25, 0.3) is 0 Å². The summed E-state index contributed by atoms with van der Waals surface area (Å²) in [6, 6.07) is 21.1. The van der Waals surface area contributed by atoms with Gasteiger partial charge in [0, 0.05) is 25.5 Å². The van der Waals surface area contributed by atoms with Crippen molar-refractivity contribution in [3.05, 3.63) is 157 Å². The number of nitro groups is 1. The van der Waals surface area contributed by atoms with E-state index in [1.807, 2.05) is 48.5 Å². The molecule has 14 nitrogen and oxygen atoms in total. The highest BCUT2D eigenvalue weighted by Crippen LogP contribution is 2.44. The van der Waals surface area contributed by atoms with Crippen LogP contribution in [-0.2, 0) is 30.3 Å². The van der Waals surface area contributed by atoms with E-state index >= 15 is 0 Å². The third-order valence-electron chi connectivity index (χ3n) is 9.93. The van der Waals surface area contributed by atoms with Gasteiger partial charge < -0.3 is 35.2 Å². The van der Waals surface area contributed by atoms with Crippen LogP contribution in [0.2, 0.25) is 10.0 Å². The number of hydrogen-bond acceptors (Lipinski definition) is 10. The normalized spacial score (nSPS) is 13.2. The van der Waals surface area contributed by atoms with Crippen molar-refractivity contribution in [2.45, 2.75) is 30.5 Å². The van der Waals surface area contributed by atoms with Crippen molar-refractivity contribution < 1.29 is 48.2 Å². The molecule has 0 saturated carbocycles. The van der Waals surface area contributed by atoms with E-state index in [1.165, 1.54) is 49.5 Å². The number of fused-ring (bicyclic) bond motifs is 3. The predicted molar refractivity (Wildman–Crippen MR) is 213 cm³/mol. The third kappa shape index (κ3) is 9.06. The topological polar surface area (TPSA) is 198 Å². The molecule has 0 saturated heterocycles. The van der Waals surface area contributed by atoms with Crippen LogP contribution in [0.5, 0.6) is 11.5 Å². The molecule has 0 aliphatic heterocycles. The molecular weight excluding hydrogens is 810 g/mol. The van der Waals surface area contributed by atoms with Crippen LogP contribution in [0.15, 0.2) is 103 Å². The largest absolute Gasteiger partial charge is 0.508 e. The fourth-order valence-electron chi connectivity index (χ4n) is 6.91. The van der Waals surface area contributed by atoms with E-state index in [2.05, 4.69) is 10.6 Å². The molecule has 3 atom stereocenters. The number of esters is 1. The van der Waals surface area contributed by atoms with Crippen LogP contribution in [0, 0.1) is 15.9 Å². The van der Waals surface area contributed by atoms with Crippen molar-refractivity contribution in [3.8, 4) is 22.6 Å². The van der Waals surface area contributed by atoms with Crippen molar-refractivity contribution in [3.63, 3.8) is 0 Å². The van der Waals surface area contributed by atoms with Crippen LogP contribution >= 0.6 is 23.2 Å². The van der Waals surface area contributed by atoms with E-state index in [4.69, 9.17) is 32.7 Å². The Balaban J connectivity index is 1.34. The molecule has 1 aliphatic rings. The number of ether oxygens (including phenoxy) is 2. The summed E-state index contributed by atoms with van der Waals surface area (Å²) in [4.78, 5) is 67.2. The molecule has 0 fully saturated rings. The Labute approximate surface area is 346 Å². The van der Waals surface area contributed by atoms with Gasteiger partial charge in [-0.15, -0.1) is 0 Å². The maximum Gasteiger partial charge on any atom is 0.408 e. The van der Waals surface area contributed by atoms with E-state index in [-0.39, 0.29) is 45.0 Å². The fourth-order valence-corrected chi connectivity index (χ4v) is 7.41. The number of amides is 3. The summed E-state index contributed by atoms with van der Waals surface area (Å²) in [5.41, 5.74) is 3.14. The summed E-state index contributed by atoms with van der Waals surface area (Å²) in [6.07, 6.45) is -1.51. The number of benzene rings is 5. The van der Waals surface area contributed by atoms with Gasteiger partial charge in [0.05, 0.1) is 22.1 Å². The maximum atomic E-state index is 14.7. The highest BCUT2D eigenvalue weighted by molar-refractivity contribution is 6.37. The summed E-state index contributed by atoms with van der Waals surface area (Å²) in [5.74, 6) is -4.98. The average Bonchev–Trinajstić information content (AvgIpc) is 3.55. The minimum Gasteiger partial charge on any atom is -0.508 e. The molecule has 0 aromatic heterocycles. The molecule has 0 heterocycles. The van der Waals surface area contributed by atoms with Crippen molar-refractivity contribution in [1.82, 2.24) is 15.5 Å². The Hall–Kier alpha value is -6.71. The molecule has 0 bridgehead atoms. The van der Waals surface area contributed by atoms with Gasteiger partial charge >= 0.3 is 17.7 Å². The van der Waals surface area contributed by atoms with Crippen LogP contribution in [0.4, 0.5) is 14.9 Å². The smallest absolute Gasteiger partial charge is 0.408 e. The maximum absolute atomic E-state index is 14.7. The second kappa shape index (κ2) is 17.8. The van der Waals surface area contributed by atoms with Crippen molar-refractivity contribution >= 4 is 52.8 Å². The number of rotatable bonds is 13. The number of methoxy groups -OCH3 is 1. The molecular formula is C42H35Cl2FN4O10. The Morgan fingerprint density at radius 1 is 0.847 bits per heavy atom. The van der Waals surface area contributed by atoms with Crippen LogP contribution in [0.3, 0.4) is 0 Å². The Morgan fingerprint density at radius 2 is 1.44 bits per heavy atom. The number of halogens is 3. The second-order valence-electron chi connectivity index (χ2n) is 13.5. The quantitative estimate of drug-likeness (QED) is 0.0537. The fraction of sp³-hybridized carbons (Fsp3) is 0.190. The summed E-state index contributed by atoms with van der Waals surface area (Å²) in [5, 5.41) is 36.3. The summed E-state index contributed by atoms with van der Waals surface area (Å²) in [7, 11) is 2.29. The zero-order chi connectivity index (χ0) is 42.5. The number of likely N-dealkylation sites (N-methyl/N-ethyl adjacent to an activating group) is 1. The number of phenols is 2. The van der Waals surface area contributed by atoms with Crippen LogP contribution < -0.4 is 10.6 Å². The van der Waals surface area contributed by atoms with Crippen LogP contribution in [0.1, 0.15) is 45.8 Å². The lowest BCUT2D eigenvalue weighted by molar-refractivity contribution is -0.387. The molecule has 59 heavy (non-hydrogen) atoms. The highest BCUT2D eigenvalue weighted by atomic mass is 35.5. The monoisotopic (exact) mass is 844 g/mol. The summed E-state index contributed by atoms with van der Waals surface area (Å²) in [6.45, 7) is -0.131. The number of alkyl carbamates (subject to hydrolysis) is 1. The number of carbonyl (C=O) groups is 4. The van der Waals surface area contributed by atoms with Gasteiger partial charge in [-0.05, 0) is 69.3 Å². The number of nitrogens with zero attached hydrogens (tertiary/aromatic N) is 2. The SMILES string of the molecule is COC(=O)[C@H](NC(=O)[C@H](Cc1ccc(F)c([N+](=O)[O-])c1)N(C)C(=O)[C@H](NC(=O)OCC1c2ccccc2-c2ccccc21)c1cc(Cl)c(O)c(Cl)c1)c1ccc(O)cc1. The Kier molecular flexibility index (Phi) is 12.7. The molecule has 5 aromatic rings. The number of hydrogen-bond donors (Lipinski definition) is 4. The first-order valence-electron chi connectivity index (χ1n) is 17.8. The van der Waals surface area contributed by atoms with Crippen molar-refractivity contribution in [2.24, 2.45) is 0 Å². The number of carbonyl (C=O) groups excluding carboxylic acids is 4. The second-order valence-corrected chi connectivity index (χ2v) is 14.3. The number of nitro benzene ring substituents is 1. The minimum absolute atomic E-state index is 0.0312. The molecule has 5 aromatic carbocycles. The standard InChI is InChI=1S/C42H35Cl2FN4O10/c1-48(35(18-22-11-16-33(45)34(17-22)49(56)57)39(52)46-37(41(54)58-2)23-12-14-25(50)15-13-23)40(53)36(24-19-31(43)38(51)32(44)20-24)47-42(55)59-21-30-28-9-5-3-7-26(28)27-8-4-6-10-29(27)30/h3-17,19-20,30,35-37,50-51H,18,21H2,1-2H3,(H,46,52)(H,47,55)/t35-,36+,37+/m0/s1. The molecule has 17 heteroatoms. The number of nitrogens with one attached hydrogen (secondary N) is 2. The molecule has 304 valence electrons. The van der Waals surface area contributed by atoms with Gasteiger partial charge in [0.15, 0.2) is 11.8 Å². The molecule has 3 amide bonds. The van der Waals surface area contributed by atoms with E-state index < -0.39 is 70.6 Å². The first-order chi connectivity index (χ1) is 28.2. The Morgan fingerprint density at radius 3 is 2.02 bits per heavy atom. The summed E-state index contributed by atoms with van der Waals surface area (Å²) < 4.78 is 25.0. The molecule has 0 spiro atoms. The lowest BCUT2D eigenvalue weighted by Crippen LogP contribution is -2.53. The van der Waals surface area contributed by atoms with E-state index in [1.54, 1.807) is 0 Å². The van der Waals surface area contributed by atoms with Crippen molar-refractivity contribution in [2.75, 3.05) is 20.8 Å². The van der Waals surface area contributed by atoms with Crippen LogP contribution in [0.25, 0.3) is 11.1 Å². The van der Waals surface area contributed by atoms with E-state index in [0.717, 1.165) is 46.4 Å². The minimum atomic E-state index is -1.68. The average molecular weight is 846 g/mol. The number of phenolic OH excluding ortho intramolecular Hbond substituents is 2. The first-order valence-corrected chi connectivity index (χ1v) is 18.6. The van der Waals surface area contributed by atoms with Crippen LogP contribution in [-0.4, -0.2) is 70.7 Å². The van der Waals surface area contributed by atoms with E-state index in [9.17, 15) is 43.9 Å². The molecule has 4 N–H and O–H groups in total. The van der Waals surface area contributed by atoms with Gasteiger partial charge in [-0.3, -0.25) is 19.7 Å². The zero-order valence-electron chi connectivity index (χ0n) is 31.2. The lowest BCUT2D eigenvalue weighted by atomic mass is 9.98. The van der Waals surface area contributed by atoms with Crippen molar-refractivity contribution in [1.29, 1.82) is 0 Å². The zero-order valence-corrected chi connectivity index (χ0v) is 32.7. The van der Waals surface area contributed by atoms with E-state index in [0.29, 0.717) is 0 Å². The molecule has 6 rings (SSSR count). The molecule has 0 radical (unpaired) electrons.